The first-order valence-corrected chi connectivity index (χ1v) is 11.0. The van der Waals surface area contributed by atoms with E-state index >= 15 is 0 Å². The number of pyridine rings is 1. The Balaban J connectivity index is 1.78. The fraction of sp³-hybridized carbons (Fsp3) is 0.391. The van der Waals surface area contributed by atoms with Crippen LogP contribution in [0.15, 0.2) is 41.2 Å². The smallest absolute Gasteiger partial charge is 0.342 e. The van der Waals surface area contributed by atoms with Gasteiger partial charge in [0.2, 0.25) is 5.03 Å². The second-order valence-electron chi connectivity index (χ2n) is 7.91. The maximum atomic E-state index is 12.8. The second kappa shape index (κ2) is 8.59. The highest BCUT2D eigenvalue weighted by molar-refractivity contribution is 7.91. The molecule has 6 heteroatoms. The lowest BCUT2D eigenvalue weighted by Gasteiger charge is -2.29. The van der Waals surface area contributed by atoms with Crippen molar-refractivity contribution in [2.45, 2.75) is 52.2 Å². The van der Waals surface area contributed by atoms with Gasteiger partial charge in [0.05, 0.1) is 0 Å². The first kappa shape index (κ1) is 21.4. The largest absolute Gasteiger partial charge is 0.610 e. The van der Waals surface area contributed by atoms with Gasteiger partial charge in [-0.2, -0.15) is 0 Å². The summed E-state index contributed by atoms with van der Waals surface area (Å²) in [7, 11) is 0. The molecule has 3 atom stereocenters. The molecule has 3 unspecified atom stereocenters. The number of aromatic nitrogens is 1. The Morgan fingerprint density at radius 1 is 1.21 bits per heavy atom. The van der Waals surface area contributed by atoms with E-state index in [-0.39, 0.29) is 23.7 Å². The van der Waals surface area contributed by atoms with Crippen molar-refractivity contribution in [3.63, 3.8) is 0 Å². The number of aliphatic hydroxyl groups is 1. The van der Waals surface area contributed by atoms with Gasteiger partial charge in [0, 0.05) is 35.8 Å². The summed E-state index contributed by atoms with van der Waals surface area (Å²) in [6.07, 6.45) is 1.38. The molecule has 29 heavy (non-hydrogen) atoms. The Morgan fingerprint density at radius 3 is 2.41 bits per heavy atom. The van der Waals surface area contributed by atoms with Crippen LogP contribution in [-0.4, -0.2) is 32.5 Å². The predicted octanol–water partition coefficient (Wildman–Crippen LogP) is 4.34. The standard InChI is InChI=1S/C23H27NO4S/c1-13-6-7-20(24-11-13)29(27)12-17(5)19-10-18(25)22(23(26)28-19)21-15(3)8-14(2)9-16(21)4/h6-9,11,17,19,25H,10,12H2,1-5H3. The molecule has 0 aliphatic carbocycles. The number of aryl methyl sites for hydroxylation is 4. The summed E-state index contributed by atoms with van der Waals surface area (Å²) in [6.45, 7) is 9.65. The monoisotopic (exact) mass is 413 g/mol. The molecule has 1 N–H and O–H groups in total. The second-order valence-corrected chi connectivity index (χ2v) is 9.35. The summed E-state index contributed by atoms with van der Waals surface area (Å²) in [4.78, 5) is 17.0. The van der Waals surface area contributed by atoms with Crippen molar-refractivity contribution in [3.8, 4) is 0 Å². The van der Waals surface area contributed by atoms with Crippen LogP contribution in [0.2, 0.25) is 0 Å². The number of carbonyl (C=O) groups excluding carboxylic acids is 1. The van der Waals surface area contributed by atoms with Crippen LogP contribution < -0.4 is 0 Å². The zero-order chi connectivity index (χ0) is 21.3. The maximum Gasteiger partial charge on any atom is 0.342 e. The zero-order valence-corrected chi connectivity index (χ0v) is 18.3. The van der Waals surface area contributed by atoms with Gasteiger partial charge in [-0.1, -0.05) is 30.7 Å². The van der Waals surface area contributed by atoms with Gasteiger partial charge in [-0.25, -0.2) is 9.78 Å². The normalized spacial score (nSPS) is 19.1. The molecule has 0 saturated carbocycles. The summed E-state index contributed by atoms with van der Waals surface area (Å²) in [5.74, 6) is -0.377. The van der Waals surface area contributed by atoms with Crippen molar-refractivity contribution in [1.82, 2.24) is 4.98 Å². The van der Waals surface area contributed by atoms with E-state index < -0.39 is 23.2 Å². The molecule has 2 heterocycles. The summed E-state index contributed by atoms with van der Waals surface area (Å²) in [6, 6.07) is 7.60. The molecule has 0 fully saturated rings. The molecular formula is C23H27NO4S. The third-order valence-corrected chi connectivity index (χ3v) is 6.78. The molecule has 1 aliphatic rings. The molecule has 1 aliphatic heterocycles. The number of carbonyl (C=O) groups is 1. The molecule has 2 aromatic rings. The summed E-state index contributed by atoms with van der Waals surface area (Å²) >= 11 is -1.30. The zero-order valence-electron chi connectivity index (χ0n) is 17.5. The van der Waals surface area contributed by atoms with E-state index in [1.54, 1.807) is 12.3 Å². The quantitative estimate of drug-likeness (QED) is 0.582. The number of benzene rings is 1. The van der Waals surface area contributed by atoms with Crippen molar-refractivity contribution in [1.29, 1.82) is 0 Å². The number of nitrogens with zero attached hydrogens (tertiary/aromatic N) is 1. The van der Waals surface area contributed by atoms with Crippen molar-refractivity contribution in [2.24, 2.45) is 5.92 Å². The topological polar surface area (TPSA) is 82.5 Å². The molecule has 0 amide bonds. The molecule has 3 rings (SSSR count). The fourth-order valence-electron chi connectivity index (χ4n) is 3.81. The molecule has 154 valence electrons. The first-order chi connectivity index (χ1) is 13.7. The van der Waals surface area contributed by atoms with Gasteiger partial charge < -0.3 is 14.4 Å². The highest BCUT2D eigenvalue weighted by Crippen LogP contribution is 2.34. The Bertz CT molecular complexity index is 929. The van der Waals surface area contributed by atoms with Crippen LogP contribution >= 0.6 is 0 Å². The average Bonchev–Trinajstić information content (AvgIpc) is 2.63. The predicted molar refractivity (Wildman–Crippen MR) is 114 cm³/mol. The number of aliphatic hydroxyl groups excluding tert-OH is 1. The van der Waals surface area contributed by atoms with Gasteiger partial charge in [0.15, 0.2) is 0 Å². The molecule has 0 radical (unpaired) electrons. The van der Waals surface area contributed by atoms with Crippen LogP contribution in [0.4, 0.5) is 0 Å². The fourth-order valence-corrected chi connectivity index (χ4v) is 5.06. The lowest BCUT2D eigenvalue weighted by atomic mass is 9.89. The van der Waals surface area contributed by atoms with E-state index in [9.17, 15) is 14.5 Å². The molecule has 1 aromatic carbocycles. The summed E-state index contributed by atoms with van der Waals surface area (Å²) < 4.78 is 18.3. The van der Waals surface area contributed by atoms with E-state index in [2.05, 4.69) is 4.98 Å². The molecule has 0 spiro atoms. The van der Waals surface area contributed by atoms with Crippen LogP contribution in [0.5, 0.6) is 0 Å². The number of hydrogen-bond donors (Lipinski definition) is 1. The number of esters is 1. The number of rotatable bonds is 5. The molecule has 5 nitrogen and oxygen atoms in total. The highest BCUT2D eigenvalue weighted by Gasteiger charge is 2.36. The van der Waals surface area contributed by atoms with Gasteiger partial charge >= 0.3 is 5.97 Å². The lowest BCUT2D eigenvalue weighted by Crippen LogP contribution is -2.34. The van der Waals surface area contributed by atoms with Gasteiger partial charge in [-0.15, -0.1) is 0 Å². The van der Waals surface area contributed by atoms with Crippen LogP contribution in [0.3, 0.4) is 0 Å². The Kier molecular flexibility index (Phi) is 6.34. The van der Waals surface area contributed by atoms with E-state index in [4.69, 9.17) is 4.74 Å². The van der Waals surface area contributed by atoms with Gasteiger partial charge in [-0.3, -0.25) is 0 Å². The van der Waals surface area contributed by atoms with Crippen LogP contribution in [0, 0.1) is 33.6 Å². The van der Waals surface area contributed by atoms with E-state index in [1.807, 2.05) is 52.8 Å². The average molecular weight is 414 g/mol. The van der Waals surface area contributed by atoms with E-state index in [0.29, 0.717) is 10.8 Å². The first-order valence-electron chi connectivity index (χ1n) is 9.69. The molecular weight excluding hydrogens is 386 g/mol. The van der Waals surface area contributed by atoms with E-state index in [1.165, 1.54) is 0 Å². The molecule has 0 bridgehead atoms. The third kappa shape index (κ3) is 4.65. The van der Waals surface area contributed by atoms with Crippen LogP contribution in [-0.2, 0) is 20.7 Å². The number of hydrogen-bond acceptors (Lipinski definition) is 5. The van der Waals surface area contributed by atoms with E-state index in [0.717, 1.165) is 27.8 Å². The summed E-state index contributed by atoms with van der Waals surface area (Å²) in [5, 5.41) is 11.2. The summed E-state index contributed by atoms with van der Waals surface area (Å²) in [5.41, 5.74) is 4.94. The number of ether oxygens (including phenoxy) is 1. The van der Waals surface area contributed by atoms with Gasteiger partial charge in [0.25, 0.3) is 0 Å². The highest BCUT2D eigenvalue weighted by atomic mass is 32.2. The van der Waals surface area contributed by atoms with Crippen molar-refractivity contribution >= 4 is 22.7 Å². The van der Waals surface area contributed by atoms with Crippen molar-refractivity contribution < 1.29 is 19.2 Å². The third-order valence-electron chi connectivity index (χ3n) is 5.24. The molecule has 1 aromatic heterocycles. The van der Waals surface area contributed by atoms with Crippen LogP contribution in [0.1, 0.15) is 41.2 Å². The lowest BCUT2D eigenvalue weighted by molar-refractivity contribution is -0.145. The van der Waals surface area contributed by atoms with Crippen molar-refractivity contribution in [3.05, 3.63) is 64.0 Å². The number of cyclic esters (lactones) is 1. The minimum atomic E-state index is -1.30. The van der Waals surface area contributed by atoms with Crippen molar-refractivity contribution in [2.75, 3.05) is 5.75 Å². The van der Waals surface area contributed by atoms with Crippen LogP contribution in [0.25, 0.3) is 5.57 Å². The van der Waals surface area contributed by atoms with Gasteiger partial charge in [0.1, 0.15) is 23.2 Å². The SMILES string of the molecule is Cc1ccc([S+]([O-])CC(C)C2CC(O)=C(c3c(C)cc(C)cc3C)C(=O)O2)nc1. The Morgan fingerprint density at radius 2 is 1.86 bits per heavy atom. The molecule has 0 saturated heterocycles. The maximum absolute atomic E-state index is 12.8. The minimum absolute atomic E-state index is 0.0346. The minimum Gasteiger partial charge on any atom is -0.610 e. The Hall–Kier alpha value is -2.31. The van der Waals surface area contributed by atoms with Gasteiger partial charge in [-0.05, 0) is 49.9 Å². The Labute approximate surface area is 175 Å².